The average Bonchev–Trinajstić information content (AvgIpc) is 2.85. The Balaban J connectivity index is 2.02. The minimum absolute atomic E-state index is 0.0191. The predicted molar refractivity (Wildman–Crippen MR) is 61.4 cm³/mol. The van der Waals surface area contributed by atoms with Crippen LogP contribution in [0.1, 0.15) is 34.0 Å². The molecule has 1 aromatic rings. The van der Waals surface area contributed by atoms with E-state index in [1.165, 1.54) is 12.1 Å². The zero-order chi connectivity index (χ0) is 13.3. The fourth-order valence-corrected chi connectivity index (χ4v) is 3.86. The Hall–Kier alpha value is -1.63. The van der Waals surface area contributed by atoms with Gasteiger partial charge in [-0.1, -0.05) is 0 Å². The number of furan rings is 1. The second-order valence-corrected chi connectivity index (χ2v) is 6.59. The van der Waals surface area contributed by atoms with Gasteiger partial charge in [0, 0.05) is 6.42 Å². The third-order valence-corrected chi connectivity index (χ3v) is 4.73. The average molecular weight is 272 g/mol. The van der Waals surface area contributed by atoms with Crippen LogP contribution in [0.2, 0.25) is 0 Å². The summed E-state index contributed by atoms with van der Waals surface area (Å²) in [5, 5.41) is 8.65. The number of hydrogen-bond donors (Lipinski definition) is 1. The number of rotatable bonds is 4. The highest BCUT2D eigenvalue weighted by molar-refractivity contribution is 7.91. The van der Waals surface area contributed by atoms with Crippen molar-refractivity contribution in [3.8, 4) is 0 Å². The van der Waals surface area contributed by atoms with Crippen LogP contribution < -0.4 is 0 Å². The van der Waals surface area contributed by atoms with Gasteiger partial charge in [0.1, 0.15) is 0 Å². The van der Waals surface area contributed by atoms with Crippen molar-refractivity contribution in [2.75, 3.05) is 11.5 Å². The Morgan fingerprint density at radius 3 is 2.50 bits per heavy atom. The molecule has 7 heteroatoms. The Morgan fingerprint density at radius 2 is 2.00 bits per heavy atom. The van der Waals surface area contributed by atoms with E-state index in [0.717, 1.165) is 0 Å². The van der Waals surface area contributed by atoms with Gasteiger partial charge in [-0.25, -0.2) is 13.2 Å². The Morgan fingerprint density at radius 1 is 1.33 bits per heavy atom. The van der Waals surface area contributed by atoms with Crippen LogP contribution in [0.5, 0.6) is 0 Å². The molecule has 6 nitrogen and oxygen atoms in total. The SMILES string of the molecule is O=C(O)c1ccc(C(=O)CC2CCS(=O)(=O)C2)o1. The first-order chi connectivity index (χ1) is 8.37. The van der Waals surface area contributed by atoms with E-state index in [2.05, 4.69) is 0 Å². The van der Waals surface area contributed by atoms with Crippen molar-refractivity contribution in [2.45, 2.75) is 12.8 Å². The largest absolute Gasteiger partial charge is 0.475 e. The summed E-state index contributed by atoms with van der Waals surface area (Å²) in [6.45, 7) is 0. The molecule has 1 saturated heterocycles. The summed E-state index contributed by atoms with van der Waals surface area (Å²) in [6, 6.07) is 2.51. The predicted octanol–water partition coefficient (Wildman–Crippen LogP) is 0.985. The number of ketones is 1. The van der Waals surface area contributed by atoms with Crippen LogP contribution in [0.15, 0.2) is 16.5 Å². The number of aromatic carboxylic acids is 1. The molecular formula is C11H12O6S. The van der Waals surface area contributed by atoms with Crippen LogP contribution in [0.25, 0.3) is 0 Å². The Kier molecular flexibility index (Phi) is 3.25. The summed E-state index contributed by atoms with van der Waals surface area (Å²) in [5.74, 6) is -1.98. The lowest BCUT2D eigenvalue weighted by molar-refractivity contribution is 0.0659. The minimum atomic E-state index is -3.01. The van der Waals surface area contributed by atoms with Crippen molar-refractivity contribution in [1.29, 1.82) is 0 Å². The van der Waals surface area contributed by atoms with E-state index in [1.54, 1.807) is 0 Å². The molecule has 1 unspecified atom stereocenters. The molecule has 1 aliphatic rings. The first-order valence-corrected chi connectivity index (χ1v) is 7.26. The van der Waals surface area contributed by atoms with Crippen LogP contribution in [-0.2, 0) is 9.84 Å². The molecule has 1 atom stereocenters. The molecule has 0 spiro atoms. The van der Waals surface area contributed by atoms with E-state index in [0.29, 0.717) is 6.42 Å². The fraction of sp³-hybridized carbons (Fsp3) is 0.455. The van der Waals surface area contributed by atoms with Crippen molar-refractivity contribution in [3.05, 3.63) is 23.7 Å². The van der Waals surface area contributed by atoms with Gasteiger partial charge in [-0.05, 0) is 24.5 Å². The van der Waals surface area contributed by atoms with Crippen LogP contribution in [0.4, 0.5) is 0 Å². The second-order valence-electron chi connectivity index (χ2n) is 4.37. The van der Waals surface area contributed by atoms with E-state index in [1.807, 2.05) is 0 Å². The zero-order valence-electron chi connectivity index (χ0n) is 9.46. The van der Waals surface area contributed by atoms with E-state index in [4.69, 9.17) is 9.52 Å². The molecular weight excluding hydrogens is 260 g/mol. The molecule has 0 saturated carbocycles. The number of carboxylic acids is 1. The monoisotopic (exact) mass is 272 g/mol. The van der Waals surface area contributed by atoms with Crippen LogP contribution >= 0.6 is 0 Å². The molecule has 0 aromatic carbocycles. The van der Waals surface area contributed by atoms with Gasteiger partial charge >= 0.3 is 5.97 Å². The van der Waals surface area contributed by atoms with Crippen molar-refractivity contribution >= 4 is 21.6 Å². The maximum absolute atomic E-state index is 11.8. The van der Waals surface area contributed by atoms with Gasteiger partial charge < -0.3 is 9.52 Å². The summed E-state index contributed by atoms with van der Waals surface area (Å²) in [4.78, 5) is 22.3. The molecule has 1 aromatic heterocycles. The van der Waals surface area contributed by atoms with E-state index >= 15 is 0 Å². The van der Waals surface area contributed by atoms with Gasteiger partial charge in [-0.2, -0.15) is 0 Å². The van der Waals surface area contributed by atoms with Crippen molar-refractivity contribution in [1.82, 2.24) is 0 Å². The summed E-state index contributed by atoms with van der Waals surface area (Å²) < 4.78 is 27.4. The topological polar surface area (TPSA) is 102 Å². The molecule has 1 fully saturated rings. The van der Waals surface area contributed by atoms with Gasteiger partial charge in [0.2, 0.25) is 5.76 Å². The molecule has 2 rings (SSSR count). The third-order valence-electron chi connectivity index (χ3n) is 2.89. The highest BCUT2D eigenvalue weighted by atomic mass is 32.2. The maximum Gasteiger partial charge on any atom is 0.371 e. The molecule has 18 heavy (non-hydrogen) atoms. The van der Waals surface area contributed by atoms with Gasteiger partial charge in [-0.15, -0.1) is 0 Å². The standard InChI is InChI=1S/C11H12O6S/c12-8(5-7-3-4-18(15,16)6-7)9-1-2-10(17-9)11(13)14/h1-2,7H,3-6H2,(H,13,14). The van der Waals surface area contributed by atoms with Crippen LogP contribution in [-0.4, -0.2) is 36.8 Å². The Labute approximate surface area is 104 Å². The van der Waals surface area contributed by atoms with Crippen LogP contribution in [0, 0.1) is 5.92 Å². The fourth-order valence-electron chi connectivity index (χ4n) is 2.00. The highest BCUT2D eigenvalue weighted by Gasteiger charge is 2.30. The van der Waals surface area contributed by atoms with Gasteiger partial charge in [0.05, 0.1) is 11.5 Å². The van der Waals surface area contributed by atoms with E-state index in [9.17, 15) is 18.0 Å². The molecule has 1 N–H and O–H groups in total. The molecule has 0 amide bonds. The van der Waals surface area contributed by atoms with Gasteiger partial charge in [-0.3, -0.25) is 4.79 Å². The lowest BCUT2D eigenvalue weighted by Crippen LogP contribution is -2.10. The number of carbonyl (C=O) groups is 2. The molecule has 98 valence electrons. The smallest absolute Gasteiger partial charge is 0.371 e. The first kappa shape index (κ1) is 12.8. The van der Waals surface area contributed by atoms with Crippen molar-refractivity contribution in [2.24, 2.45) is 5.92 Å². The minimum Gasteiger partial charge on any atom is -0.475 e. The quantitative estimate of drug-likeness (QED) is 0.820. The molecule has 0 radical (unpaired) electrons. The Bertz CT molecular complexity index is 582. The van der Waals surface area contributed by atoms with Gasteiger partial charge in [0.15, 0.2) is 21.4 Å². The normalized spacial score (nSPS) is 21.9. The summed E-state index contributed by atoms with van der Waals surface area (Å²) >= 11 is 0. The molecule has 1 aliphatic heterocycles. The lowest BCUT2D eigenvalue weighted by atomic mass is 10.0. The van der Waals surface area contributed by atoms with E-state index < -0.39 is 15.8 Å². The number of carboxylic acid groups (broad SMARTS) is 1. The third kappa shape index (κ3) is 2.79. The van der Waals surface area contributed by atoms with Gasteiger partial charge in [0.25, 0.3) is 0 Å². The summed E-state index contributed by atoms with van der Waals surface area (Å²) in [6.07, 6.45) is 0.548. The summed E-state index contributed by atoms with van der Waals surface area (Å²) in [7, 11) is -3.01. The molecule has 0 aliphatic carbocycles. The number of sulfone groups is 1. The lowest BCUT2D eigenvalue weighted by Gasteiger charge is -2.03. The van der Waals surface area contributed by atoms with Crippen molar-refractivity contribution < 1.29 is 27.5 Å². The first-order valence-electron chi connectivity index (χ1n) is 5.44. The second kappa shape index (κ2) is 4.56. The number of Topliss-reactive ketones (excluding diaryl/α,β-unsaturated/α-hetero) is 1. The highest BCUT2D eigenvalue weighted by Crippen LogP contribution is 2.23. The van der Waals surface area contributed by atoms with E-state index in [-0.39, 0.29) is 41.1 Å². The zero-order valence-corrected chi connectivity index (χ0v) is 10.3. The van der Waals surface area contributed by atoms with Crippen LogP contribution in [0.3, 0.4) is 0 Å². The maximum atomic E-state index is 11.8. The summed E-state index contributed by atoms with van der Waals surface area (Å²) in [5.41, 5.74) is 0. The number of hydrogen-bond acceptors (Lipinski definition) is 5. The molecule has 0 bridgehead atoms. The number of carbonyl (C=O) groups excluding carboxylic acids is 1. The molecule has 2 heterocycles. The van der Waals surface area contributed by atoms with Crippen molar-refractivity contribution in [3.63, 3.8) is 0 Å².